The standard InChI is InChI=1S/C18H29NO.C17H25F2N.C17H27N.C16H26N2.C16H25NO.C14H24N2S.C10H22N2/c1-16(2,3)18(17(4,5)6)11-12-8-9-13(20-7)10-14(12)15(18)19;1-15(2,3)17(16(4,5)6)9-10-7-12(18)13(19)8-11(10)14(17)20;1-15(2,3)17(16(4,5)6)11-12-9-7-8-10-13(12)14(17)18;1-14(2,3)16(15(4,5)6)10-12-11(13(16)17)8-7-9-18-12;1-14(2,3)16(15(4,5)6)13(17)11-9-7-8-10-12(11)18-16;1-12(2,3)14(13(4,5)6)7-9-10(11(14)15)17-8-16-9;1-9(2,3)12-7-5-10(4,11)6-8-12/h8-10,15H,11,19H2,1-7H3;7-8,14H,9,20H2,1-6H3;7-10,14H,11,18H2,1-6H3;7-9,13H,10,17H2,1-6H3;7-10,13H,17H2,1-6H3;8,11H,7,15H2,1-6H3;5-8,11H2,1-4H3/t15-;2*14-;2*13-;11-;/m111111./s1. The molecule has 692 valence electrons. The first-order chi connectivity index (χ1) is 55.2. The van der Waals surface area contributed by atoms with Gasteiger partial charge in [-0.15, -0.1) is 11.3 Å². The maximum atomic E-state index is 13.6. The monoisotopic (exact) mass is 1720 g/mol. The second-order valence-electron chi connectivity index (χ2n) is 51.7. The van der Waals surface area contributed by atoms with Gasteiger partial charge < -0.3 is 49.6 Å². The molecule has 0 unspecified atom stereocenters. The molecule has 2 aromatic heterocycles. The zero-order chi connectivity index (χ0) is 94.6. The molecule has 4 aromatic carbocycles. The molecule has 2 aliphatic heterocycles. The van der Waals surface area contributed by atoms with Crippen molar-refractivity contribution in [1.29, 1.82) is 0 Å². The number of nitrogens with two attached hydrogens (primary N) is 7. The number of ether oxygens (including phenoxy) is 2. The van der Waals surface area contributed by atoms with Crippen LogP contribution in [0, 0.1) is 104 Å². The molecule has 0 amide bonds. The van der Waals surface area contributed by atoms with Gasteiger partial charge in [-0.1, -0.05) is 304 Å². The number of likely N-dealkylation sites (tertiary alicyclic amines) is 1. The molecule has 5 aliphatic carbocycles. The summed E-state index contributed by atoms with van der Waals surface area (Å²) >= 11 is 1.72. The third kappa shape index (κ3) is 19.0. The van der Waals surface area contributed by atoms with Gasteiger partial charge in [0.1, 0.15) is 17.1 Å². The summed E-state index contributed by atoms with van der Waals surface area (Å²) in [5.41, 5.74) is 60.8. The Morgan fingerprint density at radius 1 is 0.374 bits per heavy atom. The van der Waals surface area contributed by atoms with E-state index in [1.165, 1.54) is 56.2 Å². The van der Waals surface area contributed by atoms with Crippen LogP contribution in [0.5, 0.6) is 11.5 Å². The van der Waals surface area contributed by atoms with E-state index < -0.39 is 11.6 Å². The minimum Gasteiger partial charge on any atom is -0.497 e. The topological polar surface area (TPSA) is 230 Å². The lowest BCUT2D eigenvalue weighted by molar-refractivity contribution is -0.116. The van der Waals surface area contributed by atoms with Crippen molar-refractivity contribution in [1.82, 2.24) is 14.9 Å². The molecular formula is C108H178F2N10O2S. The van der Waals surface area contributed by atoms with Gasteiger partial charge in [0, 0.05) is 115 Å². The quantitative estimate of drug-likeness (QED) is 0.0815. The van der Waals surface area contributed by atoms with Crippen molar-refractivity contribution >= 4 is 11.3 Å². The van der Waals surface area contributed by atoms with Crippen LogP contribution in [0.2, 0.25) is 0 Å². The van der Waals surface area contributed by atoms with Crippen LogP contribution in [-0.2, 0) is 32.1 Å². The Labute approximate surface area is 753 Å². The molecule has 15 heteroatoms. The number of pyridine rings is 1. The number of methoxy groups -OCH3 is 1. The summed E-state index contributed by atoms with van der Waals surface area (Å²) in [6, 6.07) is 29.9. The number of hydrogen-bond acceptors (Lipinski definition) is 13. The average Bonchev–Trinajstić information content (AvgIpc) is 1.57. The fourth-order valence-electron chi connectivity index (χ4n) is 26.3. The van der Waals surface area contributed by atoms with Crippen LogP contribution in [0.25, 0.3) is 0 Å². The van der Waals surface area contributed by atoms with Crippen molar-refractivity contribution in [3.8, 4) is 11.5 Å². The highest BCUT2D eigenvalue weighted by molar-refractivity contribution is 7.09. The van der Waals surface area contributed by atoms with Crippen molar-refractivity contribution in [2.75, 3.05) is 20.2 Å². The Bertz CT molecular complexity index is 4270. The smallest absolute Gasteiger partial charge is 0.159 e. The summed E-state index contributed by atoms with van der Waals surface area (Å²) in [7, 11) is 1.71. The lowest BCUT2D eigenvalue weighted by Crippen LogP contribution is -2.60. The first kappa shape index (κ1) is 105. The summed E-state index contributed by atoms with van der Waals surface area (Å²) in [4.78, 5) is 12.9. The van der Waals surface area contributed by atoms with E-state index in [1.807, 2.05) is 42.0 Å². The molecule has 7 aliphatic rings. The zero-order valence-corrected chi connectivity index (χ0v) is 86.3. The van der Waals surface area contributed by atoms with Gasteiger partial charge in [-0.3, -0.25) is 9.88 Å². The average molecular weight is 1720 g/mol. The second kappa shape index (κ2) is 34.9. The van der Waals surface area contributed by atoms with Gasteiger partial charge in [-0.05, 0) is 202 Å². The fraction of sp³-hybridized carbons (Fsp3) is 0.704. The van der Waals surface area contributed by atoms with Gasteiger partial charge in [-0.2, -0.15) is 0 Å². The number of rotatable bonds is 1. The van der Waals surface area contributed by atoms with E-state index in [0.717, 1.165) is 79.8 Å². The van der Waals surface area contributed by atoms with Gasteiger partial charge in [0.2, 0.25) is 0 Å². The molecule has 0 spiro atoms. The van der Waals surface area contributed by atoms with Crippen LogP contribution >= 0.6 is 11.3 Å². The normalized spacial score (nSPS) is 22.9. The molecule has 4 heterocycles. The SMILES string of the molecule is CC(C)(C)C1(C(C)(C)C)Cc2cc(F)c(F)cc2[C@H]1N.CC(C)(C)C1(C(C)(C)C)Cc2ccccc2[C@H]1N.CC(C)(C)C1(C(C)(C)C)Cc2ncccc2[C@H]1N.CC(C)(C)C1(C(C)(C)C)Cc2ncsc2[C@H]1N.CC(C)(C)C1(C(C)(C)C)Oc2ccccc2[C@H]1N.CC1(N)CCN(C(C)(C)C)CC1.COc1ccc2c(c1)[C@@H](N)C(C(C)(C)C)(C(C)(C)C)C2. The molecule has 0 saturated carbocycles. The Balaban J connectivity index is 0.000000198. The Hall–Kier alpha value is -5.20. The number of fused-ring (bicyclic) bond motifs is 6. The maximum Gasteiger partial charge on any atom is 0.159 e. The Morgan fingerprint density at radius 3 is 1.11 bits per heavy atom. The van der Waals surface area contributed by atoms with E-state index in [4.69, 9.17) is 49.6 Å². The molecule has 6 atom stereocenters. The molecule has 123 heavy (non-hydrogen) atoms. The van der Waals surface area contributed by atoms with Crippen molar-refractivity contribution < 1.29 is 18.3 Å². The highest BCUT2D eigenvalue weighted by Gasteiger charge is 2.65. The van der Waals surface area contributed by atoms with E-state index in [9.17, 15) is 8.78 Å². The van der Waals surface area contributed by atoms with E-state index in [1.54, 1.807) is 18.4 Å². The minimum absolute atomic E-state index is 0.0380. The predicted molar refractivity (Wildman–Crippen MR) is 521 cm³/mol. The van der Waals surface area contributed by atoms with Gasteiger partial charge in [0.05, 0.1) is 24.4 Å². The number of aromatic nitrogens is 2. The third-order valence-corrected chi connectivity index (χ3v) is 33.1. The number of thiazole rings is 1. The zero-order valence-electron chi connectivity index (χ0n) is 85.5. The molecule has 12 nitrogen and oxygen atoms in total. The molecule has 13 rings (SSSR count). The predicted octanol–water partition coefficient (Wildman–Crippen LogP) is 26.3. The summed E-state index contributed by atoms with van der Waals surface area (Å²) in [6.07, 6.45) is 8.96. The number of para-hydroxylation sites is 1. The van der Waals surface area contributed by atoms with E-state index in [0.29, 0.717) is 12.0 Å². The number of hydrogen-bond donors (Lipinski definition) is 7. The Kier molecular flexibility index (Phi) is 29.8. The highest BCUT2D eigenvalue weighted by Crippen LogP contribution is 2.69. The Morgan fingerprint density at radius 2 is 0.724 bits per heavy atom. The molecule has 14 N–H and O–H groups in total. The summed E-state index contributed by atoms with van der Waals surface area (Å²) < 4.78 is 38.9. The van der Waals surface area contributed by atoms with Crippen LogP contribution in [0.4, 0.5) is 8.78 Å². The molecule has 1 fully saturated rings. The van der Waals surface area contributed by atoms with E-state index in [2.05, 4.69) is 340 Å². The molecule has 6 aromatic rings. The number of nitrogens with zero attached hydrogens (tertiary/aromatic N) is 3. The van der Waals surface area contributed by atoms with Gasteiger partial charge in [0.15, 0.2) is 11.6 Å². The lowest BCUT2D eigenvalue weighted by atomic mass is 9.51. The largest absolute Gasteiger partial charge is 0.497 e. The van der Waals surface area contributed by atoms with Crippen LogP contribution in [0.1, 0.15) is 387 Å². The van der Waals surface area contributed by atoms with Crippen molar-refractivity contribution in [3.05, 3.63) is 175 Å². The van der Waals surface area contributed by atoms with Gasteiger partial charge >= 0.3 is 0 Å². The number of piperidine rings is 1. The van der Waals surface area contributed by atoms with Crippen LogP contribution in [-0.4, -0.2) is 51.7 Å². The first-order valence-electron chi connectivity index (χ1n) is 46.2. The highest BCUT2D eigenvalue weighted by atomic mass is 32.1. The first-order valence-corrected chi connectivity index (χ1v) is 47.0. The fourth-order valence-corrected chi connectivity index (χ4v) is 27.2. The molecular weight excluding hydrogens is 1540 g/mol. The van der Waals surface area contributed by atoms with Crippen LogP contribution < -0.4 is 49.6 Å². The maximum absolute atomic E-state index is 13.6. The van der Waals surface area contributed by atoms with Crippen molar-refractivity contribution in [2.24, 2.45) is 132 Å². The van der Waals surface area contributed by atoms with E-state index >= 15 is 0 Å². The third-order valence-electron chi connectivity index (χ3n) is 32.2. The number of halogens is 2. The lowest BCUT2D eigenvalue weighted by Gasteiger charge is -2.54. The van der Waals surface area contributed by atoms with Gasteiger partial charge in [0.25, 0.3) is 0 Å². The second-order valence-corrected chi connectivity index (χ2v) is 52.6. The summed E-state index contributed by atoms with van der Waals surface area (Å²) in [5, 5.41) is 0. The summed E-state index contributed by atoms with van der Waals surface area (Å²) in [6.45, 7) is 93.2. The van der Waals surface area contributed by atoms with Crippen molar-refractivity contribution in [3.63, 3.8) is 0 Å². The van der Waals surface area contributed by atoms with Gasteiger partial charge in [-0.25, -0.2) is 13.8 Å². The van der Waals surface area contributed by atoms with Crippen LogP contribution in [0.3, 0.4) is 0 Å². The van der Waals surface area contributed by atoms with Crippen molar-refractivity contribution in [2.45, 2.75) is 375 Å². The molecule has 0 bridgehead atoms. The molecule has 0 radical (unpaired) electrons. The minimum atomic E-state index is -0.808. The summed E-state index contributed by atoms with van der Waals surface area (Å²) in [5.74, 6) is 0.250. The van der Waals surface area contributed by atoms with E-state index in [-0.39, 0.29) is 139 Å². The molecule has 1 saturated heterocycles. The van der Waals surface area contributed by atoms with Crippen LogP contribution in [0.15, 0.2) is 103 Å². The number of benzene rings is 4.